The Kier molecular flexibility index (Phi) is 6.59. The zero-order chi connectivity index (χ0) is 18.2. The summed E-state index contributed by atoms with van der Waals surface area (Å²) in [5, 5.41) is 7.18. The zero-order valence-corrected chi connectivity index (χ0v) is 15.7. The average Bonchev–Trinajstić information content (AvgIpc) is 2.72. The van der Waals surface area contributed by atoms with Crippen LogP contribution in [0.25, 0.3) is 0 Å². The van der Waals surface area contributed by atoms with Gasteiger partial charge in [0.15, 0.2) is 0 Å². The van der Waals surface area contributed by atoms with E-state index in [2.05, 4.69) is 109 Å². The Morgan fingerprint density at radius 1 is 0.538 bits per heavy atom. The van der Waals surface area contributed by atoms with Crippen LogP contribution in [0.4, 0.5) is 0 Å². The van der Waals surface area contributed by atoms with E-state index in [9.17, 15) is 0 Å². The fourth-order valence-electron chi connectivity index (χ4n) is 3.04. The fraction of sp³-hybridized carbons (Fsp3) is 0.250. The van der Waals surface area contributed by atoms with E-state index in [1.54, 1.807) is 0 Å². The van der Waals surface area contributed by atoms with E-state index in [1.165, 1.54) is 22.3 Å². The maximum Gasteiger partial charge on any atom is 0.0294 e. The van der Waals surface area contributed by atoms with E-state index >= 15 is 0 Å². The quantitative estimate of drug-likeness (QED) is 0.572. The molecule has 2 N–H and O–H groups in total. The number of rotatable bonds is 8. The summed E-state index contributed by atoms with van der Waals surface area (Å²) in [5.74, 6) is 0. The van der Waals surface area contributed by atoms with Gasteiger partial charge in [0.1, 0.15) is 0 Å². The van der Waals surface area contributed by atoms with Gasteiger partial charge in [-0.3, -0.25) is 0 Å². The normalized spacial score (nSPS) is 13.3. The van der Waals surface area contributed by atoms with Gasteiger partial charge in [-0.25, -0.2) is 0 Å². The van der Waals surface area contributed by atoms with Crippen LogP contribution >= 0.6 is 0 Å². The van der Waals surface area contributed by atoms with Gasteiger partial charge in [-0.2, -0.15) is 0 Å². The summed E-state index contributed by atoms with van der Waals surface area (Å²) in [6, 6.07) is 30.7. The summed E-state index contributed by atoms with van der Waals surface area (Å²) in [6.45, 7) is 6.17. The molecule has 3 rings (SSSR count). The summed E-state index contributed by atoms with van der Waals surface area (Å²) in [7, 11) is 0. The molecule has 2 atom stereocenters. The lowest BCUT2D eigenvalue weighted by atomic mass is 10.1. The van der Waals surface area contributed by atoms with Crippen LogP contribution in [0.2, 0.25) is 0 Å². The summed E-state index contributed by atoms with van der Waals surface area (Å²) >= 11 is 0. The molecule has 0 bridgehead atoms. The van der Waals surface area contributed by atoms with Crippen LogP contribution in [0.3, 0.4) is 0 Å². The molecule has 0 saturated carbocycles. The van der Waals surface area contributed by atoms with E-state index < -0.39 is 0 Å². The molecule has 2 heteroatoms. The minimum atomic E-state index is 0.351. The lowest BCUT2D eigenvalue weighted by Crippen LogP contribution is -2.19. The smallest absolute Gasteiger partial charge is 0.0294 e. The third-order valence-corrected chi connectivity index (χ3v) is 4.85. The molecule has 0 saturated heterocycles. The molecule has 0 aliphatic carbocycles. The molecule has 0 radical (unpaired) electrons. The van der Waals surface area contributed by atoms with Crippen LogP contribution in [-0.2, 0) is 13.1 Å². The predicted octanol–water partition coefficient (Wildman–Crippen LogP) is 5.39. The third kappa shape index (κ3) is 5.29. The van der Waals surface area contributed by atoms with Gasteiger partial charge >= 0.3 is 0 Å². The van der Waals surface area contributed by atoms with E-state index in [-0.39, 0.29) is 0 Å². The number of hydrogen-bond donors (Lipinski definition) is 2. The Labute approximate surface area is 157 Å². The highest BCUT2D eigenvalue weighted by Gasteiger charge is 2.05. The van der Waals surface area contributed by atoms with Gasteiger partial charge < -0.3 is 10.6 Å². The van der Waals surface area contributed by atoms with Crippen molar-refractivity contribution in [1.82, 2.24) is 10.6 Å². The van der Waals surface area contributed by atoms with Crippen molar-refractivity contribution in [1.29, 1.82) is 0 Å². The second-order valence-electron chi connectivity index (χ2n) is 6.84. The van der Waals surface area contributed by atoms with Gasteiger partial charge in [0, 0.05) is 25.2 Å². The molecule has 0 spiro atoms. The van der Waals surface area contributed by atoms with Crippen molar-refractivity contribution in [2.24, 2.45) is 0 Å². The monoisotopic (exact) mass is 344 g/mol. The van der Waals surface area contributed by atoms with E-state index in [0.29, 0.717) is 12.1 Å². The van der Waals surface area contributed by atoms with E-state index in [1.807, 2.05) is 0 Å². The Bertz CT molecular complexity index is 698. The minimum absolute atomic E-state index is 0.351. The van der Waals surface area contributed by atoms with Gasteiger partial charge in [0.2, 0.25) is 0 Å². The Hall–Kier alpha value is -2.42. The SMILES string of the molecule is C[C@H](NCc1ccc(CN[C@H](C)c2ccccc2)cc1)c1ccccc1. The molecule has 0 amide bonds. The molecule has 26 heavy (non-hydrogen) atoms. The lowest BCUT2D eigenvalue weighted by molar-refractivity contribution is 0.570. The topological polar surface area (TPSA) is 24.1 Å². The summed E-state index contributed by atoms with van der Waals surface area (Å²) in [5.41, 5.74) is 5.27. The van der Waals surface area contributed by atoms with Gasteiger partial charge in [0.05, 0.1) is 0 Å². The molecule has 3 aromatic rings. The standard InChI is InChI=1S/C24H28N2/c1-19(23-9-5-3-6-10-23)25-17-21-13-15-22(16-14-21)18-26-20(2)24-11-7-4-8-12-24/h3-16,19-20,25-26H,17-18H2,1-2H3/t19-,20+. The lowest BCUT2D eigenvalue weighted by Gasteiger charge is -2.16. The van der Waals surface area contributed by atoms with Gasteiger partial charge in [-0.1, -0.05) is 84.9 Å². The zero-order valence-electron chi connectivity index (χ0n) is 15.7. The molecule has 0 aliphatic heterocycles. The first-order chi connectivity index (χ1) is 12.7. The number of benzene rings is 3. The van der Waals surface area contributed by atoms with Gasteiger partial charge in [0.25, 0.3) is 0 Å². The minimum Gasteiger partial charge on any atom is -0.306 e. The first kappa shape index (κ1) is 18.4. The molecular weight excluding hydrogens is 316 g/mol. The van der Waals surface area contributed by atoms with Gasteiger partial charge in [-0.15, -0.1) is 0 Å². The molecule has 0 heterocycles. The molecule has 0 aliphatic rings. The largest absolute Gasteiger partial charge is 0.306 e. The highest BCUT2D eigenvalue weighted by molar-refractivity contribution is 5.24. The number of nitrogens with one attached hydrogen (secondary N) is 2. The maximum atomic E-state index is 3.59. The predicted molar refractivity (Wildman–Crippen MR) is 110 cm³/mol. The van der Waals surface area contributed by atoms with Crippen LogP contribution in [-0.4, -0.2) is 0 Å². The molecule has 3 aromatic carbocycles. The second kappa shape index (κ2) is 9.33. The first-order valence-electron chi connectivity index (χ1n) is 9.37. The molecular formula is C24H28N2. The number of hydrogen-bond acceptors (Lipinski definition) is 2. The van der Waals surface area contributed by atoms with E-state index in [4.69, 9.17) is 0 Å². The Morgan fingerprint density at radius 2 is 0.885 bits per heavy atom. The van der Waals surface area contributed by atoms with E-state index in [0.717, 1.165) is 13.1 Å². The van der Waals surface area contributed by atoms with Crippen molar-refractivity contribution in [3.63, 3.8) is 0 Å². The van der Waals surface area contributed by atoms with Crippen molar-refractivity contribution in [3.8, 4) is 0 Å². The molecule has 2 nitrogen and oxygen atoms in total. The molecule has 134 valence electrons. The summed E-state index contributed by atoms with van der Waals surface area (Å²) in [4.78, 5) is 0. The highest BCUT2D eigenvalue weighted by Crippen LogP contribution is 2.14. The van der Waals surface area contributed by atoms with Gasteiger partial charge in [-0.05, 0) is 36.1 Å². The molecule has 0 fully saturated rings. The summed E-state index contributed by atoms with van der Waals surface area (Å²) < 4.78 is 0. The van der Waals surface area contributed by atoms with Crippen LogP contribution < -0.4 is 10.6 Å². The van der Waals surface area contributed by atoms with Crippen molar-refractivity contribution < 1.29 is 0 Å². The van der Waals surface area contributed by atoms with Crippen molar-refractivity contribution in [2.75, 3.05) is 0 Å². The van der Waals surface area contributed by atoms with Crippen LogP contribution in [0, 0.1) is 0 Å². The average molecular weight is 345 g/mol. The molecule has 0 aromatic heterocycles. The molecule has 0 unspecified atom stereocenters. The van der Waals surface area contributed by atoms with Crippen molar-refractivity contribution in [3.05, 3.63) is 107 Å². The second-order valence-corrected chi connectivity index (χ2v) is 6.84. The first-order valence-corrected chi connectivity index (χ1v) is 9.37. The Balaban J connectivity index is 1.47. The Morgan fingerprint density at radius 3 is 1.23 bits per heavy atom. The highest BCUT2D eigenvalue weighted by atomic mass is 14.9. The van der Waals surface area contributed by atoms with Crippen LogP contribution in [0.1, 0.15) is 48.2 Å². The van der Waals surface area contributed by atoms with Crippen molar-refractivity contribution in [2.45, 2.75) is 39.0 Å². The maximum absolute atomic E-state index is 3.59. The van der Waals surface area contributed by atoms with Crippen LogP contribution in [0.15, 0.2) is 84.9 Å². The fourth-order valence-corrected chi connectivity index (χ4v) is 3.04. The summed E-state index contributed by atoms with van der Waals surface area (Å²) in [6.07, 6.45) is 0. The third-order valence-electron chi connectivity index (χ3n) is 4.85. The van der Waals surface area contributed by atoms with Crippen molar-refractivity contribution >= 4 is 0 Å². The van der Waals surface area contributed by atoms with Crippen LogP contribution in [0.5, 0.6) is 0 Å².